The maximum atomic E-state index is 7.13. The van der Waals surface area contributed by atoms with Crippen molar-refractivity contribution in [3.8, 4) is 0 Å². The number of halogens is 3. The van der Waals surface area contributed by atoms with Crippen molar-refractivity contribution in [1.82, 2.24) is 0 Å². The molecule has 2 rings (SSSR count). The first-order valence-corrected chi connectivity index (χ1v) is 31.0. The smallest absolute Gasteiger partial charge is 0.0548 e. The van der Waals surface area contributed by atoms with Crippen LogP contribution in [0.4, 0.5) is 0 Å². The molecule has 0 spiro atoms. The van der Waals surface area contributed by atoms with Crippen LogP contribution in [-0.4, -0.2) is 32.1 Å². The fourth-order valence-corrected chi connectivity index (χ4v) is 1.68. The second kappa shape index (κ2) is 14.9. The van der Waals surface area contributed by atoms with E-state index >= 15 is 0 Å². The van der Waals surface area contributed by atoms with E-state index in [1.165, 1.54) is 30.1 Å². The molecule has 3 nitrogen and oxygen atoms in total. The van der Waals surface area contributed by atoms with Gasteiger partial charge in [-0.1, -0.05) is 43.6 Å². The molecular formula is C11H14I3N3SSn-3. The van der Waals surface area contributed by atoms with Crippen molar-refractivity contribution in [2.45, 2.75) is 25.3 Å². The molecule has 2 heterocycles. The molecule has 107 valence electrons. The first-order valence-electron chi connectivity index (χ1n) is 5.67. The molecule has 1 saturated heterocycles. The van der Waals surface area contributed by atoms with Gasteiger partial charge in [0.1, 0.15) is 0 Å². The SMILES string of the molecule is C1=CC[N-]C(C2CCCC[N-]2)=C1.[I][Sn]([I])[I].[N-]=C=S. The summed E-state index contributed by atoms with van der Waals surface area (Å²) in [4.78, 5) is 0. The van der Waals surface area contributed by atoms with Gasteiger partial charge < -0.3 is 16.0 Å². The van der Waals surface area contributed by atoms with Crippen molar-refractivity contribution in [2.75, 3.05) is 13.1 Å². The summed E-state index contributed by atoms with van der Waals surface area (Å²) in [6, 6.07) is 0.406. The van der Waals surface area contributed by atoms with Gasteiger partial charge in [0.25, 0.3) is 0 Å². The Hall–Kier alpha value is 2.03. The minimum absolute atomic E-state index is 0.406. The normalized spacial score (nSPS) is 20.8. The largest absolute Gasteiger partial charge is 0.753 e. The quantitative estimate of drug-likeness (QED) is 0.149. The van der Waals surface area contributed by atoms with Crippen molar-refractivity contribution in [3.05, 3.63) is 40.0 Å². The Balaban J connectivity index is 0.000000393. The molecule has 19 heavy (non-hydrogen) atoms. The number of thiocarbonyl (C=S) groups is 1. The molecule has 2 aliphatic rings. The second-order valence-electron chi connectivity index (χ2n) is 3.58. The summed E-state index contributed by atoms with van der Waals surface area (Å²) in [5.41, 5.74) is 1.19. The monoisotopic (exact) mass is 721 g/mol. The van der Waals surface area contributed by atoms with Gasteiger partial charge in [-0.25, -0.2) is 0 Å². The molecule has 8 heteroatoms. The Morgan fingerprint density at radius 3 is 2.42 bits per heavy atom. The fourth-order valence-electron chi connectivity index (χ4n) is 1.68. The van der Waals surface area contributed by atoms with Gasteiger partial charge in [0.05, 0.1) is 0 Å². The van der Waals surface area contributed by atoms with E-state index in [4.69, 9.17) is 5.41 Å². The predicted molar refractivity (Wildman–Crippen MR) is 115 cm³/mol. The molecule has 1 radical (unpaired) electrons. The van der Waals surface area contributed by atoms with Crippen molar-refractivity contribution in [3.63, 3.8) is 0 Å². The van der Waals surface area contributed by atoms with Crippen LogP contribution < -0.4 is 0 Å². The van der Waals surface area contributed by atoms with Gasteiger partial charge in [0.2, 0.25) is 0 Å². The second-order valence-corrected chi connectivity index (χ2v) is 68.2. The summed E-state index contributed by atoms with van der Waals surface area (Å²) in [5.74, 6) is 0. The average Bonchev–Trinajstić information content (AvgIpc) is 2.41. The summed E-state index contributed by atoms with van der Waals surface area (Å²) in [6.07, 6.45) is 10.0. The fraction of sp³-hybridized carbons (Fsp3) is 0.545. The molecule has 1 fully saturated rings. The van der Waals surface area contributed by atoms with E-state index in [0.29, 0.717) is 6.04 Å². The number of allylic oxidation sites excluding steroid dienone is 2. The van der Waals surface area contributed by atoms with Crippen molar-refractivity contribution in [2.24, 2.45) is 0 Å². The van der Waals surface area contributed by atoms with Crippen molar-refractivity contribution in [1.29, 1.82) is 0 Å². The minimum Gasteiger partial charge on any atom is -0.753 e. The zero-order chi connectivity index (χ0) is 14.5. The summed E-state index contributed by atoms with van der Waals surface area (Å²) in [6.45, 7) is 1.87. The maximum absolute atomic E-state index is 7.13. The molecule has 0 aromatic heterocycles. The Bertz CT molecular complexity index is 322. The van der Waals surface area contributed by atoms with Gasteiger partial charge in [-0.3, -0.25) is 0 Å². The van der Waals surface area contributed by atoms with E-state index < -0.39 is 7.86 Å². The Kier molecular flexibility index (Phi) is 16.5. The van der Waals surface area contributed by atoms with Gasteiger partial charge in [-0.15, -0.1) is 25.2 Å². The van der Waals surface area contributed by atoms with Crippen LogP contribution in [-0.2, 0) is 0 Å². The van der Waals surface area contributed by atoms with Crippen molar-refractivity contribution < 1.29 is 0 Å². The van der Waals surface area contributed by atoms with E-state index in [0.717, 1.165) is 13.1 Å². The van der Waals surface area contributed by atoms with Gasteiger partial charge in [0, 0.05) is 0 Å². The van der Waals surface area contributed by atoms with Crippen LogP contribution in [0.15, 0.2) is 23.9 Å². The number of hydrogen-bond donors (Lipinski definition) is 0. The first-order chi connectivity index (χ1) is 9.11. The number of hydrogen-bond acceptors (Lipinski definition) is 1. The summed E-state index contributed by atoms with van der Waals surface area (Å²) in [5, 5.41) is 17.5. The topological polar surface area (TPSA) is 50.5 Å². The van der Waals surface area contributed by atoms with Crippen molar-refractivity contribution >= 4 is 81.1 Å². The summed E-state index contributed by atoms with van der Waals surface area (Å²) in [7, 11) is -0.633. The molecule has 2 aliphatic heterocycles. The van der Waals surface area contributed by atoms with Crippen LogP contribution in [0.3, 0.4) is 0 Å². The van der Waals surface area contributed by atoms with Crippen LogP contribution in [0, 0.1) is 0 Å². The van der Waals surface area contributed by atoms with Crippen LogP contribution >= 0.6 is 68.1 Å². The third-order valence-corrected chi connectivity index (χ3v) is 2.36. The van der Waals surface area contributed by atoms with Gasteiger partial charge in [-0.2, -0.15) is 10.9 Å². The van der Waals surface area contributed by atoms with E-state index in [2.05, 4.69) is 97.0 Å². The van der Waals surface area contributed by atoms with E-state index in [1.807, 2.05) is 0 Å². The third-order valence-electron chi connectivity index (χ3n) is 2.36. The molecule has 0 amide bonds. The molecule has 1 unspecified atom stereocenters. The third kappa shape index (κ3) is 13.4. The minimum atomic E-state index is -0.633. The van der Waals surface area contributed by atoms with Crippen LogP contribution in [0.1, 0.15) is 19.3 Å². The molecule has 0 bridgehead atoms. The Morgan fingerprint density at radius 2 is 2.00 bits per heavy atom. The average molecular weight is 720 g/mol. The standard InChI is InChI=1S/C10H14N2.CNS.3HI.Sn/c1-3-7-11-9(5-1)10-6-2-4-8-12-10;2-1-3;;;;/h1,3,5,10H,2,4,6-8H2;;3*1H;/q-2;-1;;;;+3/p-3. The molecule has 1 atom stereocenters. The van der Waals surface area contributed by atoms with Crippen LogP contribution in [0.2, 0.25) is 0 Å². The van der Waals surface area contributed by atoms with E-state index in [1.54, 1.807) is 0 Å². The number of isothiocyanates is 1. The van der Waals surface area contributed by atoms with Crippen LogP contribution in [0.5, 0.6) is 0 Å². The van der Waals surface area contributed by atoms with Gasteiger partial charge in [0.15, 0.2) is 0 Å². The maximum Gasteiger partial charge on any atom is -0.0548 e. The molecule has 0 N–H and O–H groups in total. The first kappa shape index (κ1) is 21.0. The summed E-state index contributed by atoms with van der Waals surface area (Å²) < 4.78 is 0. The Labute approximate surface area is 157 Å². The Morgan fingerprint density at radius 1 is 1.37 bits per heavy atom. The van der Waals surface area contributed by atoms with Crippen LogP contribution in [0.25, 0.3) is 16.0 Å². The summed E-state index contributed by atoms with van der Waals surface area (Å²) >= 11 is 11.2. The predicted octanol–water partition coefficient (Wildman–Crippen LogP) is 5.67. The van der Waals surface area contributed by atoms with Gasteiger partial charge >= 0.3 is 63.8 Å². The number of nitrogens with zero attached hydrogens (tertiary/aromatic N) is 3. The zero-order valence-electron chi connectivity index (χ0n) is 10.2. The number of piperidine rings is 1. The van der Waals surface area contributed by atoms with Gasteiger partial charge in [-0.05, 0) is 0 Å². The molecule has 0 aliphatic carbocycles. The molecule has 0 saturated carbocycles. The van der Waals surface area contributed by atoms with E-state index in [-0.39, 0.29) is 0 Å². The molecule has 0 aromatic carbocycles. The zero-order valence-corrected chi connectivity index (χ0v) is 20.4. The molecular weight excluding hydrogens is 706 g/mol. The molecule has 0 aromatic rings. The van der Waals surface area contributed by atoms with E-state index in [9.17, 15) is 0 Å². The number of rotatable bonds is 1.